The van der Waals surface area contributed by atoms with Crippen molar-refractivity contribution in [2.75, 3.05) is 43.9 Å². The first-order valence-corrected chi connectivity index (χ1v) is 15.1. The molecule has 44 heavy (non-hydrogen) atoms. The first kappa shape index (κ1) is 31.2. The number of aryl methyl sites for hydroxylation is 2. The van der Waals surface area contributed by atoms with Gasteiger partial charge in [0, 0.05) is 51.2 Å². The number of amides is 1. The molecule has 0 radical (unpaired) electrons. The minimum atomic E-state index is -0.489. The van der Waals surface area contributed by atoms with E-state index in [1.54, 1.807) is 24.3 Å². The van der Waals surface area contributed by atoms with Gasteiger partial charge in [-0.05, 0) is 81.4 Å². The lowest BCUT2D eigenvalue weighted by molar-refractivity contribution is -0.384. The first-order valence-electron chi connectivity index (χ1n) is 14.4. The molecular weight excluding hydrogens is 597 g/mol. The van der Waals surface area contributed by atoms with E-state index in [-0.39, 0.29) is 18.1 Å². The maximum absolute atomic E-state index is 11.7. The largest absolute Gasteiger partial charge is 0.341 e. The molecule has 0 saturated heterocycles. The predicted molar refractivity (Wildman–Crippen MR) is 179 cm³/mol. The summed E-state index contributed by atoms with van der Waals surface area (Å²) in [6, 6.07) is 26.3. The molecule has 1 amide bonds. The lowest BCUT2D eigenvalue weighted by atomic mass is 10.00. The highest BCUT2D eigenvalue weighted by molar-refractivity contribution is 6.36. The molecule has 0 aromatic heterocycles. The number of nitrogens with zero attached hydrogens (tertiary/aromatic N) is 4. The van der Waals surface area contributed by atoms with Gasteiger partial charge in [0.2, 0.25) is 5.91 Å². The fourth-order valence-electron chi connectivity index (χ4n) is 5.43. The number of hydrogen-bond donors (Lipinski definition) is 1. The molecule has 0 saturated carbocycles. The molecule has 2 heterocycles. The van der Waals surface area contributed by atoms with E-state index in [1.165, 1.54) is 40.7 Å². The van der Waals surface area contributed by atoms with E-state index in [0.717, 1.165) is 37.4 Å². The molecule has 6 rings (SSSR count). The number of para-hydroxylation sites is 1. The summed E-state index contributed by atoms with van der Waals surface area (Å²) in [6.07, 6.45) is 3.30. The van der Waals surface area contributed by atoms with E-state index in [0.29, 0.717) is 27.5 Å². The van der Waals surface area contributed by atoms with Gasteiger partial charge in [0.25, 0.3) is 5.69 Å². The number of benzene rings is 4. The van der Waals surface area contributed by atoms with Crippen LogP contribution in [0, 0.1) is 10.1 Å². The average molecular weight is 631 g/mol. The molecule has 4 aromatic carbocycles. The van der Waals surface area contributed by atoms with Gasteiger partial charge in [0.05, 0.1) is 16.3 Å². The molecule has 1 N–H and O–H groups in total. The lowest BCUT2D eigenvalue weighted by Gasteiger charge is -2.27. The normalized spacial score (nSPS) is 13.7. The van der Waals surface area contributed by atoms with Crippen molar-refractivity contribution in [3.8, 4) is 0 Å². The average Bonchev–Trinajstić information content (AvgIpc) is 3.26. The predicted octanol–water partition coefficient (Wildman–Crippen LogP) is 7.57. The second-order valence-corrected chi connectivity index (χ2v) is 11.7. The van der Waals surface area contributed by atoms with Gasteiger partial charge in [-0.15, -0.1) is 0 Å². The number of anilines is 3. The van der Waals surface area contributed by atoms with Crippen molar-refractivity contribution >= 4 is 57.6 Å². The summed E-state index contributed by atoms with van der Waals surface area (Å²) in [4.78, 5) is 31.2. The molecule has 8 nitrogen and oxygen atoms in total. The highest BCUT2D eigenvalue weighted by Gasteiger charge is 2.23. The van der Waals surface area contributed by atoms with Crippen LogP contribution >= 0.6 is 23.2 Å². The Balaban J connectivity index is 0.000000175. The van der Waals surface area contributed by atoms with Gasteiger partial charge in [-0.25, -0.2) is 0 Å². The van der Waals surface area contributed by atoms with Crippen LogP contribution in [0.15, 0.2) is 89.9 Å². The molecule has 2 aliphatic rings. The Bertz CT molecular complexity index is 1720. The van der Waals surface area contributed by atoms with Crippen LogP contribution in [0.25, 0.3) is 0 Å². The highest BCUT2D eigenvalue weighted by atomic mass is 35.5. The van der Waals surface area contributed by atoms with Crippen LogP contribution in [0.3, 0.4) is 0 Å². The van der Waals surface area contributed by atoms with Crippen molar-refractivity contribution in [2.45, 2.75) is 19.3 Å². The number of carbonyl (C=O) groups excluding carboxylic acids is 1. The van der Waals surface area contributed by atoms with Crippen molar-refractivity contribution in [2.24, 2.45) is 4.99 Å². The van der Waals surface area contributed by atoms with Crippen molar-refractivity contribution in [3.05, 3.63) is 127 Å². The Kier molecular flexibility index (Phi) is 9.95. The summed E-state index contributed by atoms with van der Waals surface area (Å²) in [7, 11) is 4.25. The standard InChI is InChI=1S/C19H23ClN2.C15H10ClN3O3/c1-21(2)12-5-13-22-18-7-4-3-6-15(18)8-9-16-10-11-17(20)14-19(16)22;16-12-4-2-1-3-10(12)15-11-7-9(19(21)22)5-6-13(11)18-14(20)8-17-15/h3-4,6-7,10-11,14H,5,8-9,12-13H2,1-2H3;1-7H,8H2,(H,18,20). The Hall–Kier alpha value is -4.24. The number of non-ortho nitro benzene ring substituents is 1. The summed E-state index contributed by atoms with van der Waals surface area (Å²) < 4.78 is 0. The van der Waals surface area contributed by atoms with Crippen molar-refractivity contribution in [1.82, 2.24) is 4.90 Å². The van der Waals surface area contributed by atoms with E-state index in [4.69, 9.17) is 23.2 Å². The van der Waals surface area contributed by atoms with Gasteiger partial charge in [0.15, 0.2) is 0 Å². The number of nitrogens with one attached hydrogen (secondary N) is 1. The summed E-state index contributed by atoms with van der Waals surface area (Å²) >= 11 is 12.5. The Morgan fingerprint density at radius 2 is 1.64 bits per heavy atom. The van der Waals surface area contributed by atoms with Gasteiger partial charge in [0.1, 0.15) is 6.54 Å². The quantitative estimate of drug-likeness (QED) is 0.175. The third-order valence-corrected chi connectivity index (χ3v) is 8.09. The number of rotatable bonds is 6. The molecule has 0 aliphatic carbocycles. The Morgan fingerprint density at radius 3 is 2.39 bits per heavy atom. The molecule has 0 unspecified atom stereocenters. The maximum atomic E-state index is 11.7. The summed E-state index contributed by atoms with van der Waals surface area (Å²) in [5, 5.41) is 15.0. The second-order valence-electron chi connectivity index (χ2n) is 10.9. The molecule has 4 aromatic rings. The van der Waals surface area contributed by atoms with Crippen LogP contribution in [0.1, 0.15) is 28.7 Å². The van der Waals surface area contributed by atoms with E-state index >= 15 is 0 Å². The van der Waals surface area contributed by atoms with Crippen molar-refractivity contribution < 1.29 is 9.72 Å². The number of hydrogen-bond acceptors (Lipinski definition) is 6. The monoisotopic (exact) mass is 629 g/mol. The van der Waals surface area contributed by atoms with Crippen molar-refractivity contribution in [3.63, 3.8) is 0 Å². The maximum Gasteiger partial charge on any atom is 0.270 e. The van der Waals surface area contributed by atoms with Gasteiger partial charge in [-0.1, -0.05) is 65.7 Å². The van der Waals surface area contributed by atoms with Crippen LogP contribution in [0.5, 0.6) is 0 Å². The van der Waals surface area contributed by atoms with Gasteiger partial charge in [-0.2, -0.15) is 0 Å². The van der Waals surface area contributed by atoms with E-state index in [2.05, 4.69) is 70.6 Å². The summed E-state index contributed by atoms with van der Waals surface area (Å²) in [5.74, 6) is -0.280. The number of nitro groups is 1. The third-order valence-electron chi connectivity index (χ3n) is 7.52. The minimum Gasteiger partial charge on any atom is -0.341 e. The van der Waals surface area contributed by atoms with Crippen LogP contribution in [-0.2, 0) is 17.6 Å². The molecule has 0 atom stereocenters. The molecule has 0 fully saturated rings. The van der Waals surface area contributed by atoms with Gasteiger partial charge < -0.3 is 15.1 Å². The topological polar surface area (TPSA) is 91.1 Å². The SMILES string of the molecule is CN(C)CCCN1c2ccccc2CCc2ccc(Cl)cc21.O=C1CN=C(c2ccccc2Cl)c2cc([N+](=O)[O-])ccc2N1. The molecule has 0 bridgehead atoms. The van der Waals surface area contributed by atoms with Crippen molar-refractivity contribution in [1.29, 1.82) is 0 Å². The Morgan fingerprint density at radius 1 is 0.909 bits per heavy atom. The zero-order valence-electron chi connectivity index (χ0n) is 24.6. The third kappa shape index (κ3) is 7.27. The van der Waals surface area contributed by atoms with Gasteiger partial charge in [-0.3, -0.25) is 19.9 Å². The van der Waals surface area contributed by atoms with Crippen LogP contribution in [0.4, 0.5) is 22.7 Å². The molecule has 226 valence electrons. The highest BCUT2D eigenvalue weighted by Crippen LogP contribution is 2.37. The van der Waals surface area contributed by atoms with Crippen LogP contribution in [-0.4, -0.2) is 55.2 Å². The summed E-state index contributed by atoms with van der Waals surface area (Å²) in [5.41, 5.74) is 7.41. The van der Waals surface area contributed by atoms with Gasteiger partial charge >= 0.3 is 0 Å². The molecular formula is C34H33Cl2N5O3. The fraction of sp³-hybridized carbons (Fsp3) is 0.235. The number of nitro benzene ring substituents is 1. The molecule has 0 spiro atoms. The number of halogens is 2. The number of benzodiazepines with no additional fused rings is 1. The zero-order valence-corrected chi connectivity index (χ0v) is 26.1. The second kappa shape index (κ2) is 14.0. The molecule has 10 heteroatoms. The first-order chi connectivity index (χ1) is 21.2. The number of aliphatic imine (C=N–C) groups is 1. The lowest BCUT2D eigenvalue weighted by Crippen LogP contribution is -2.24. The van der Waals surface area contributed by atoms with Crippen LogP contribution < -0.4 is 10.2 Å². The van der Waals surface area contributed by atoms with E-state index in [9.17, 15) is 14.9 Å². The van der Waals surface area contributed by atoms with Crippen LogP contribution in [0.2, 0.25) is 10.0 Å². The van der Waals surface area contributed by atoms with E-state index < -0.39 is 4.92 Å². The Labute approximate surface area is 267 Å². The van der Waals surface area contributed by atoms with E-state index in [1.807, 2.05) is 6.07 Å². The smallest absolute Gasteiger partial charge is 0.270 e. The fourth-order valence-corrected chi connectivity index (χ4v) is 5.82. The zero-order chi connectivity index (χ0) is 31.2. The number of carbonyl (C=O) groups is 1. The minimum absolute atomic E-state index is 0.0664. The molecule has 2 aliphatic heterocycles. The number of fused-ring (bicyclic) bond motifs is 3. The summed E-state index contributed by atoms with van der Waals surface area (Å²) in [6.45, 7) is 2.04.